The first-order chi connectivity index (χ1) is 5.18. The summed E-state index contributed by atoms with van der Waals surface area (Å²) in [6.45, 7) is 2.32. The van der Waals surface area contributed by atoms with Gasteiger partial charge in [-0.1, -0.05) is 6.92 Å². The molecule has 0 bridgehead atoms. The van der Waals surface area contributed by atoms with Crippen LogP contribution in [-0.2, 0) is 4.79 Å². The first-order valence-electron chi connectivity index (χ1n) is 4.13. The Kier molecular flexibility index (Phi) is 2.88. The van der Waals surface area contributed by atoms with Crippen LogP contribution in [0.15, 0.2) is 0 Å². The molecule has 0 aromatic heterocycles. The van der Waals surface area contributed by atoms with Crippen molar-refractivity contribution >= 4 is 5.97 Å². The molecule has 3 nitrogen and oxygen atoms in total. The maximum absolute atomic E-state index is 10.2. The lowest BCUT2D eigenvalue weighted by atomic mass is 10.1. The van der Waals surface area contributed by atoms with E-state index in [0.717, 1.165) is 18.8 Å². The van der Waals surface area contributed by atoms with Gasteiger partial charge in [0.05, 0.1) is 6.54 Å². The summed E-state index contributed by atoms with van der Waals surface area (Å²) in [5.74, 6) is 0.00541. The molecule has 1 aliphatic rings. The van der Waals surface area contributed by atoms with Gasteiger partial charge in [-0.3, -0.25) is 4.79 Å². The van der Waals surface area contributed by atoms with E-state index in [1.807, 2.05) is 0 Å². The molecule has 0 aliphatic heterocycles. The predicted molar refractivity (Wildman–Crippen MR) is 42.4 cm³/mol. The van der Waals surface area contributed by atoms with Crippen LogP contribution < -0.4 is 5.32 Å². The molecular formula is C8H15NO2. The largest absolute Gasteiger partial charge is 0.480 e. The van der Waals surface area contributed by atoms with Gasteiger partial charge in [-0.15, -0.1) is 0 Å². The Labute approximate surface area is 66.8 Å². The van der Waals surface area contributed by atoms with E-state index in [-0.39, 0.29) is 6.54 Å². The molecule has 3 heteroatoms. The maximum Gasteiger partial charge on any atom is 0.317 e. The van der Waals surface area contributed by atoms with E-state index in [0.29, 0.717) is 6.04 Å². The minimum atomic E-state index is -0.760. The van der Waals surface area contributed by atoms with Crippen LogP contribution in [0.2, 0.25) is 0 Å². The van der Waals surface area contributed by atoms with E-state index in [4.69, 9.17) is 5.11 Å². The molecule has 0 radical (unpaired) electrons. The van der Waals surface area contributed by atoms with Gasteiger partial charge in [-0.2, -0.15) is 0 Å². The monoisotopic (exact) mass is 157 g/mol. The van der Waals surface area contributed by atoms with Crippen LogP contribution in [0.25, 0.3) is 0 Å². The summed E-state index contributed by atoms with van der Waals surface area (Å²) < 4.78 is 0. The van der Waals surface area contributed by atoms with Gasteiger partial charge >= 0.3 is 5.97 Å². The predicted octanol–water partition coefficient (Wildman–Crippen LogP) is 0.849. The van der Waals surface area contributed by atoms with Gasteiger partial charge in [0.15, 0.2) is 0 Å². The van der Waals surface area contributed by atoms with Crippen LogP contribution in [0.3, 0.4) is 0 Å². The Hall–Kier alpha value is -0.570. The average molecular weight is 157 g/mol. The third-order valence-electron chi connectivity index (χ3n) is 2.24. The van der Waals surface area contributed by atoms with Crippen molar-refractivity contribution in [3.05, 3.63) is 0 Å². The summed E-state index contributed by atoms with van der Waals surface area (Å²) in [7, 11) is 0. The van der Waals surface area contributed by atoms with Crippen molar-refractivity contribution in [3.63, 3.8) is 0 Å². The normalized spacial score (nSPS) is 30.6. The molecule has 1 rings (SSSR count). The van der Waals surface area contributed by atoms with E-state index in [1.165, 1.54) is 6.42 Å². The van der Waals surface area contributed by atoms with Crippen molar-refractivity contribution in [1.82, 2.24) is 5.32 Å². The Bertz CT molecular complexity index is 147. The summed E-state index contributed by atoms with van der Waals surface area (Å²) in [5, 5.41) is 11.4. The standard InChI is InChI=1S/C8H15NO2/c1-6-2-3-7(4-6)9-5-8(10)11/h6-7,9H,2-5H2,1H3,(H,10,11). The van der Waals surface area contributed by atoms with Crippen molar-refractivity contribution < 1.29 is 9.90 Å². The Morgan fingerprint density at radius 1 is 1.64 bits per heavy atom. The molecule has 1 fully saturated rings. The fourth-order valence-electron chi connectivity index (χ4n) is 1.62. The lowest BCUT2D eigenvalue weighted by Crippen LogP contribution is -2.31. The first-order valence-corrected chi connectivity index (χ1v) is 4.13. The Morgan fingerprint density at radius 2 is 2.36 bits per heavy atom. The summed E-state index contributed by atoms with van der Waals surface area (Å²) in [4.78, 5) is 10.2. The van der Waals surface area contributed by atoms with Crippen molar-refractivity contribution in [3.8, 4) is 0 Å². The molecule has 0 amide bonds. The second-order valence-electron chi connectivity index (χ2n) is 3.39. The zero-order valence-corrected chi connectivity index (χ0v) is 6.84. The minimum absolute atomic E-state index is 0.109. The highest BCUT2D eigenvalue weighted by molar-refractivity contribution is 5.69. The van der Waals surface area contributed by atoms with E-state index in [1.54, 1.807) is 0 Å². The van der Waals surface area contributed by atoms with Gasteiger partial charge < -0.3 is 10.4 Å². The minimum Gasteiger partial charge on any atom is -0.480 e. The summed E-state index contributed by atoms with van der Waals surface area (Å²) in [5.41, 5.74) is 0. The van der Waals surface area contributed by atoms with Crippen molar-refractivity contribution in [2.24, 2.45) is 5.92 Å². The number of nitrogens with one attached hydrogen (secondary N) is 1. The summed E-state index contributed by atoms with van der Waals surface area (Å²) >= 11 is 0. The molecule has 0 spiro atoms. The van der Waals surface area contributed by atoms with E-state index in [9.17, 15) is 4.79 Å². The number of carboxylic acids is 1. The first kappa shape index (κ1) is 8.53. The molecule has 1 saturated carbocycles. The molecule has 0 aromatic rings. The number of carbonyl (C=O) groups is 1. The van der Waals surface area contributed by atoms with Gasteiger partial charge in [0, 0.05) is 6.04 Å². The SMILES string of the molecule is CC1CCC(NCC(=O)O)C1. The van der Waals surface area contributed by atoms with Crippen molar-refractivity contribution in [2.45, 2.75) is 32.2 Å². The molecule has 2 N–H and O–H groups in total. The number of hydrogen-bond acceptors (Lipinski definition) is 2. The van der Waals surface area contributed by atoms with Crippen LogP contribution in [0.4, 0.5) is 0 Å². The molecule has 64 valence electrons. The summed E-state index contributed by atoms with van der Waals surface area (Å²) in [6.07, 6.45) is 3.50. The molecule has 0 aromatic carbocycles. The topological polar surface area (TPSA) is 49.3 Å². The second-order valence-corrected chi connectivity index (χ2v) is 3.39. The van der Waals surface area contributed by atoms with Gasteiger partial charge in [0.25, 0.3) is 0 Å². The zero-order chi connectivity index (χ0) is 8.27. The fraction of sp³-hybridized carbons (Fsp3) is 0.875. The smallest absolute Gasteiger partial charge is 0.317 e. The average Bonchev–Trinajstić information content (AvgIpc) is 2.31. The Morgan fingerprint density at radius 3 is 2.82 bits per heavy atom. The van der Waals surface area contributed by atoms with Crippen LogP contribution in [0.5, 0.6) is 0 Å². The number of carboxylic acid groups (broad SMARTS) is 1. The molecule has 2 unspecified atom stereocenters. The third-order valence-corrected chi connectivity index (χ3v) is 2.24. The third kappa shape index (κ3) is 2.89. The van der Waals surface area contributed by atoms with Crippen molar-refractivity contribution in [1.29, 1.82) is 0 Å². The molecular weight excluding hydrogens is 142 g/mol. The molecule has 0 heterocycles. The van der Waals surface area contributed by atoms with Crippen LogP contribution in [0, 0.1) is 5.92 Å². The van der Waals surface area contributed by atoms with Gasteiger partial charge in [-0.25, -0.2) is 0 Å². The van der Waals surface area contributed by atoms with E-state index in [2.05, 4.69) is 12.2 Å². The van der Waals surface area contributed by atoms with Crippen LogP contribution >= 0.6 is 0 Å². The molecule has 1 aliphatic carbocycles. The lowest BCUT2D eigenvalue weighted by molar-refractivity contribution is -0.136. The van der Waals surface area contributed by atoms with Crippen LogP contribution in [0.1, 0.15) is 26.2 Å². The highest BCUT2D eigenvalue weighted by Gasteiger charge is 2.20. The highest BCUT2D eigenvalue weighted by Crippen LogP contribution is 2.24. The van der Waals surface area contributed by atoms with Gasteiger partial charge in [-0.05, 0) is 25.2 Å². The second kappa shape index (κ2) is 3.72. The highest BCUT2D eigenvalue weighted by atomic mass is 16.4. The van der Waals surface area contributed by atoms with E-state index >= 15 is 0 Å². The lowest BCUT2D eigenvalue weighted by Gasteiger charge is -2.08. The van der Waals surface area contributed by atoms with E-state index < -0.39 is 5.97 Å². The quantitative estimate of drug-likeness (QED) is 0.638. The maximum atomic E-state index is 10.2. The van der Waals surface area contributed by atoms with Crippen LogP contribution in [-0.4, -0.2) is 23.7 Å². The molecule has 0 saturated heterocycles. The Balaban J connectivity index is 2.13. The number of hydrogen-bond donors (Lipinski definition) is 2. The number of aliphatic carboxylic acids is 1. The van der Waals surface area contributed by atoms with Gasteiger partial charge in [0.2, 0.25) is 0 Å². The number of rotatable bonds is 3. The van der Waals surface area contributed by atoms with Gasteiger partial charge in [0.1, 0.15) is 0 Å². The zero-order valence-electron chi connectivity index (χ0n) is 6.84. The molecule has 11 heavy (non-hydrogen) atoms. The fourth-order valence-corrected chi connectivity index (χ4v) is 1.62. The molecule has 2 atom stereocenters. The summed E-state index contributed by atoms with van der Waals surface area (Å²) in [6, 6.07) is 0.445. The van der Waals surface area contributed by atoms with Crippen molar-refractivity contribution in [2.75, 3.05) is 6.54 Å².